The van der Waals surface area contributed by atoms with E-state index in [1.54, 1.807) is 23.0 Å². The van der Waals surface area contributed by atoms with E-state index in [2.05, 4.69) is 23.0 Å². The Morgan fingerprint density at radius 3 is 2.56 bits per heavy atom. The molecule has 0 fully saturated rings. The number of hydrogen-bond donors (Lipinski definition) is 0. The van der Waals surface area contributed by atoms with Crippen LogP contribution >= 0.6 is 0 Å². The Bertz CT molecular complexity index is 1410. The van der Waals surface area contributed by atoms with E-state index in [1.807, 2.05) is 56.3 Å². The molecule has 6 heteroatoms. The van der Waals surface area contributed by atoms with E-state index >= 15 is 0 Å². The lowest BCUT2D eigenvalue weighted by Gasteiger charge is -2.16. The summed E-state index contributed by atoms with van der Waals surface area (Å²) in [4.78, 5) is 27.4. The largest absolute Gasteiger partial charge is 0.287 e. The Hall–Kier alpha value is -4.11. The molecule has 6 nitrogen and oxygen atoms in total. The second kappa shape index (κ2) is 10.2. The summed E-state index contributed by atoms with van der Waals surface area (Å²) in [6.07, 6.45) is 6.29. The van der Waals surface area contributed by atoms with E-state index in [1.165, 1.54) is 0 Å². The summed E-state index contributed by atoms with van der Waals surface area (Å²) >= 11 is 0. The molecule has 0 amide bonds. The summed E-state index contributed by atoms with van der Waals surface area (Å²) in [6.45, 7) is 6.32. The van der Waals surface area contributed by atoms with Gasteiger partial charge < -0.3 is 0 Å². The highest BCUT2D eigenvalue weighted by Crippen LogP contribution is 2.22. The third kappa shape index (κ3) is 4.79. The number of aryl methyl sites for hydroxylation is 2. The van der Waals surface area contributed by atoms with Crippen molar-refractivity contribution in [1.82, 2.24) is 19.5 Å². The molecule has 4 aromatic rings. The van der Waals surface area contributed by atoms with Crippen molar-refractivity contribution in [2.24, 2.45) is 0 Å². The molecule has 3 aromatic heterocycles. The topological polar surface area (TPSA) is 84.5 Å². The molecular formula is C28H27N5O. The molecule has 34 heavy (non-hydrogen) atoms. The first kappa shape index (κ1) is 23.1. The predicted octanol–water partition coefficient (Wildman–Crippen LogP) is 5.25. The summed E-state index contributed by atoms with van der Waals surface area (Å²) in [5.41, 5.74) is 6.16. The van der Waals surface area contributed by atoms with Gasteiger partial charge in [-0.3, -0.25) is 19.3 Å². The van der Waals surface area contributed by atoms with Crippen molar-refractivity contribution in [2.75, 3.05) is 0 Å². The lowest BCUT2D eigenvalue weighted by Crippen LogP contribution is -2.28. The maximum absolute atomic E-state index is 13.4. The molecule has 1 aromatic carbocycles. The number of pyridine rings is 2. The molecule has 0 atom stereocenters. The molecule has 170 valence electrons. The van der Waals surface area contributed by atoms with Crippen LogP contribution in [0.1, 0.15) is 47.7 Å². The SMILES string of the molecule is CCCCc1nc(-c2cc(C)ccn2)n(Cc2ccc(-c3ccccc3C#N)nc2)c(=O)c1C. The van der Waals surface area contributed by atoms with Crippen LogP contribution in [-0.4, -0.2) is 19.5 Å². The number of rotatable bonds is 7. The summed E-state index contributed by atoms with van der Waals surface area (Å²) in [6, 6.07) is 17.3. The summed E-state index contributed by atoms with van der Waals surface area (Å²) < 4.78 is 1.69. The van der Waals surface area contributed by atoms with E-state index in [9.17, 15) is 10.1 Å². The Balaban J connectivity index is 1.76. The molecule has 0 aliphatic rings. The van der Waals surface area contributed by atoms with Crippen LogP contribution in [0.4, 0.5) is 0 Å². The maximum Gasteiger partial charge on any atom is 0.257 e. The fourth-order valence-electron chi connectivity index (χ4n) is 3.95. The van der Waals surface area contributed by atoms with Gasteiger partial charge >= 0.3 is 0 Å². The third-order valence-electron chi connectivity index (χ3n) is 5.90. The van der Waals surface area contributed by atoms with E-state index in [-0.39, 0.29) is 5.56 Å². The fourth-order valence-corrected chi connectivity index (χ4v) is 3.95. The van der Waals surface area contributed by atoms with Crippen LogP contribution in [0.5, 0.6) is 0 Å². The van der Waals surface area contributed by atoms with Crippen LogP contribution < -0.4 is 5.56 Å². The summed E-state index contributed by atoms with van der Waals surface area (Å²) in [7, 11) is 0. The Kier molecular flexibility index (Phi) is 6.93. The van der Waals surface area contributed by atoms with Gasteiger partial charge in [0.1, 0.15) is 5.69 Å². The second-order valence-corrected chi connectivity index (χ2v) is 8.43. The monoisotopic (exact) mass is 449 g/mol. The summed E-state index contributed by atoms with van der Waals surface area (Å²) in [5, 5.41) is 9.39. The zero-order valence-corrected chi connectivity index (χ0v) is 19.7. The molecule has 0 spiro atoms. The van der Waals surface area contributed by atoms with Crippen molar-refractivity contribution < 1.29 is 0 Å². The minimum atomic E-state index is -0.0571. The molecule has 0 N–H and O–H groups in total. The highest BCUT2D eigenvalue weighted by Gasteiger charge is 2.17. The van der Waals surface area contributed by atoms with E-state index in [0.717, 1.165) is 47.3 Å². The van der Waals surface area contributed by atoms with Crippen molar-refractivity contribution in [1.29, 1.82) is 5.26 Å². The average molecular weight is 450 g/mol. The van der Waals surface area contributed by atoms with E-state index in [0.29, 0.717) is 29.2 Å². The fraction of sp³-hybridized carbons (Fsp3) is 0.250. The van der Waals surface area contributed by atoms with Crippen molar-refractivity contribution in [2.45, 2.75) is 46.6 Å². The van der Waals surface area contributed by atoms with E-state index in [4.69, 9.17) is 4.98 Å². The minimum Gasteiger partial charge on any atom is -0.287 e. The lowest BCUT2D eigenvalue weighted by molar-refractivity contribution is 0.702. The molecule has 3 heterocycles. The lowest BCUT2D eigenvalue weighted by atomic mass is 10.0. The standard InChI is InChI=1S/C28H27N5O/c1-4-5-10-24-20(3)28(34)33(27(32-24)26-15-19(2)13-14-30-26)18-21-11-12-25(31-17-21)23-9-7-6-8-22(23)16-29/h6-9,11-15,17H,4-5,10,18H2,1-3H3. The van der Waals surface area contributed by atoms with Gasteiger partial charge in [-0.25, -0.2) is 4.98 Å². The Morgan fingerprint density at radius 1 is 1.03 bits per heavy atom. The smallest absolute Gasteiger partial charge is 0.257 e. The van der Waals surface area contributed by atoms with Crippen LogP contribution in [0.15, 0.2) is 65.7 Å². The van der Waals surface area contributed by atoms with Gasteiger partial charge in [-0.05, 0) is 62.1 Å². The molecular weight excluding hydrogens is 422 g/mol. The molecule has 0 bridgehead atoms. The average Bonchev–Trinajstić information content (AvgIpc) is 2.87. The van der Waals surface area contributed by atoms with E-state index < -0.39 is 0 Å². The Labute approximate surface area is 199 Å². The normalized spacial score (nSPS) is 10.8. The number of aromatic nitrogens is 4. The molecule has 4 rings (SSSR count). The number of unbranched alkanes of at least 4 members (excludes halogenated alkanes) is 1. The van der Waals surface area contributed by atoms with Crippen LogP contribution in [-0.2, 0) is 13.0 Å². The highest BCUT2D eigenvalue weighted by molar-refractivity contribution is 5.67. The van der Waals surface area contributed by atoms with Crippen LogP contribution in [0.2, 0.25) is 0 Å². The maximum atomic E-state index is 13.4. The second-order valence-electron chi connectivity index (χ2n) is 8.43. The molecule has 0 unspecified atom stereocenters. The van der Waals surface area contributed by atoms with Crippen molar-refractivity contribution in [3.8, 4) is 28.8 Å². The predicted molar refractivity (Wildman–Crippen MR) is 133 cm³/mol. The van der Waals surface area contributed by atoms with Crippen LogP contribution in [0, 0.1) is 25.2 Å². The number of nitriles is 1. The first-order chi connectivity index (χ1) is 16.5. The quantitative estimate of drug-likeness (QED) is 0.385. The first-order valence-electron chi connectivity index (χ1n) is 11.5. The zero-order valence-electron chi connectivity index (χ0n) is 19.7. The number of benzene rings is 1. The van der Waals surface area contributed by atoms with Gasteiger partial charge in [0, 0.05) is 23.5 Å². The van der Waals surface area contributed by atoms with Gasteiger partial charge in [0.2, 0.25) is 0 Å². The summed E-state index contributed by atoms with van der Waals surface area (Å²) in [5.74, 6) is 0.573. The third-order valence-corrected chi connectivity index (χ3v) is 5.90. The van der Waals surface area contributed by atoms with Crippen LogP contribution in [0.25, 0.3) is 22.8 Å². The molecule has 0 aliphatic heterocycles. The first-order valence-corrected chi connectivity index (χ1v) is 11.5. The zero-order chi connectivity index (χ0) is 24.1. The van der Waals surface area contributed by atoms with Gasteiger partial charge in [0.15, 0.2) is 5.82 Å². The molecule has 0 aliphatic carbocycles. The highest BCUT2D eigenvalue weighted by atomic mass is 16.1. The van der Waals surface area contributed by atoms with Crippen molar-refractivity contribution in [3.05, 3.63) is 99.2 Å². The van der Waals surface area contributed by atoms with Gasteiger partial charge in [0.05, 0.1) is 29.6 Å². The van der Waals surface area contributed by atoms with Gasteiger partial charge in [0.25, 0.3) is 5.56 Å². The molecule has 0 saturated heterocycles. The van der Waals surface area contributed by atoms with Crippen LogP contribution in [0.3, 0.4) is 0 Å². The molecule has 0 saturated carbocycles. The Morgan fingerprint density at radius 2 is 1.85 bits per heavy atom. The van der Waals surface area contributed by atoms with Crippen molar-refractivity contribution >= 4 is 0 Å². The molecule has 0 radical (unpaired) electrons. The minimum absolute atomic E-state index is 0.0571. The van der Waals surface area contributed by atoms with Crippen molar-refractivity contribution in [3.63, 3.8) is 0 Å². The number of hydrogen-bond acceptors (Lipinski definition) is 5. The van der Waals surface area contributed by atoms with Gasteiger partial charge in [-0.2, -0.15) is 5.26 Å². The van der Waals surface area contributed by atoms with Gasteiger partial charge in [-0.1, -0.05) is 37.6 Å². The van der Waals surface area contributed by atoms with Gasteiger partial charge in [-0.15, -0.1) is 0 Å². The number of nitrogens with zero attached hydrogens (tertiary/aromatic N) is 5.